The molecule has 1 unspecified atom stereocenters. The molecule has 134 valence electrons. The third kappa shape index (κ3) is 3.18. The van der Waals surface area contributed by atoms with Gasteiger partial charge in [-0.1, -0.05) is 23.2 Å². The summed E-state index contributed by atoms with van der Waals surface area (Å²) in [4.78, 5) is 26.5. The van der Waals surface area contributed by atoms with Crippen molar-refractivity contribution in [1.29, 1.82) is 0 Å². The third-order valence-electron chi connectivity index (χ3n) is 4.35. The monoisotopic (exact) mass is 392 g/mol. The number of hydrogen-bond acceptors (Lipinski definition) is 4. The minimum atomic E-state index is -0.483. The van der Waals surface area contributed by atoms with Gasteiger partial charge in [0.15, 0.2) is 11.5 Å². The number of nitrogens with one attached hydrogen (secondary N) is 1. The van der Waals surface area contributed by atoms with Gasteiger partial charge in [-0.3, -0.25) is 9.59 Å². The highest BCUT2D eigenvalue weighted by Gasteiger charge is 2.36. The topological polar surface area (TPSA) is 67.9 Å². The molecule has 1 atom stereocenters. The summed E-state index contributed by atoms with van der Waals surface area (Å²) in [6, 6.07) is 10.1. The number of rotatable bonds is 3. The molecular formula is C18H14Cl2N2O4. The number of anilines is 2. The van der Waals surface area contributed by atoms with Crippen LogP contribution in [0, 0.1) is 5.92 Å². The quantitative estimate of drug-likeness (QED) is 0.864. The van der Waals surface area contributed by atoms with E-state index in [2.05, 4.69) is 5.32 Å². The fourth-order valence-electron chi connectivity index (χ4n) is 3.01. The van der Waals surface area contributed by atoms with Gasteiger partial charge in [-0.25, -0.2) is 0 Å². The predicted octanol–water partition coefficient (Wildman–Crippen LogP) is 3.71. The SMILES string of the molecule is O=C(Nc1cc(Cl)ccc1Cl)C1CC(=O)N(c2ccc3c(c2)OCO3)C1. The summed E-state index contributed by atoms with van der Waals surface area (Å²) in [5.41, 5.74) is 1.11. The molecule has 2 aromatic carbocycles. The van der Waals surface area contributed by atoms with Gasteiger partial charge in [0, 0.05) is 29.7 Å². The van der Waals surface area contributed by atoms with Crippen molar-refractivity contribution in [3.63, 3.8) is 0 Å². The fraction of sp³-hybridized carbons (Fsp3) is 0.222. The number of hydrogen-bond donors (Lipinski definition) is 1. The normalized spacial score (nSPS) is 18.3. The van der Waals surface area contributed by atoms with Crippen LogP contribution in [0.15, 0.2) is 36.4 Å². The minimum absolute atomic E-state index is 0.123. The number of carbonyl (C=O) groups is 2. The van der Waals surface area contributed by atoms with Crippen LogP contribution in [-0.4, -0.2) is 25.2 Å². The fourth-order valence-corrected chi connectivity index (χ4v) is 3.35. The Bertz CT molecular complexity index is 903. The summed E-state index contributed by atoms with van der Waals surface area (Å²) in [5.74, 6) is 0.356. The second kappa shape index (κ2) is 6.70. The molecule has 0 aliphatic carbocycles. The lowest BCUT2D eigenvalue weighted by Gasteiger charge is -2.17. The molecule has 8 heteroatoms. The van der Waals surface area contributed by atoms with E-state index < -0.39 is 5.92 Å². The Kier molecular flexibility index (Phi) is 4.38. The van der Waals surface area contributed by atoms with Gasteiger partial charge in [0.05, 0.1) is 16.6 Å². The molecule has 2 aromatic rings. The molecule has 0 saturated carbocycles. The van der Waals surface area contributed by atoms with Crippen molar-refractivity contribution in [2.24, 2.45) is 5.92 Å². The first-order valence-electron chi connectivity index (χ1n) is 7.97. The molecule has 1 fully saturated rings. The van der Waals surface area contributed by atoms with Crippen molar-refractivity contribution in [3.8, 4) is 11.5 Å². The van der Waals surface area contributed by atoms with Gasteiger partial charge in [-0.15, -0.1) is 0 Å². The second-order valence-electron chi connectivity index (χ2n) is 6.06. The zero-order valence-electron chi connectivity index (χ0n) is 13.5. The number of fused-ring (bicyclic) bond motifs is 1. The number of halogens is 2. The van der Waals surface area contributed by atoms with Crippen molar-refractivity contribution in [3.05, 3.63) is 46.4 Å². The average molecular weight is 393 g/mol. The van der Waals surface area contributed by atoms with E-state index in [1.54, 1.807) is 41.3 Å². The van der Waals surface area contributed by atoms with E-state index >= 15 is 0 Å². The lowest BCUT2D eigenvalue weighted by Crippen LogP contribution is -2.28. The van der Waals surface area contributed by atoms with Gasteiger partial charge in [0.2, 0.25) is 18.6 Å². The van der Waals surface area contributed by atoms with Gasteiger partial charge in [0.1, 0.15) is 0 Å². The van der Waals surface area contributed by atoms with E-state index in [1.807, 2.05) is 0 Å². The first-order valence-corrected chi connectivity index (χ1v) is 8.73. The summed E-state index contributed by atoms with van der Waals surface area (Å²) in [7, 11) is 0. The molecule has 2 aliphatic rings. The van der Waals surface area contributed by atoms with Gasteiger partial charge in [-0.05, 0) is 30.3 Å². The number of benzene rings is 2. The number of amides is 2. The van der Waals surface area contributed by atoms with Crippen LogP contribution in [-0.2, 0) is 9.59 Å². The van der Waals surface area contributed by atoms with Gasteiger partial charge in [-0.2, -0.15) is 0 Å². The van der Waals surface area contributed by atoms with E-state index in [1.165, 1.54) is 0 Å². The maximum Gasteiger partial charge on any atom is 0.231 e. The molecule has 0 spiro atoms. The Morgan fingerprint density at radius 1 is 1.12 bits per heavy atom. The molecule has 0 aromatic heterocycles. The standard InChI is InChI=1S/C18H14Cl2N2O4/c19-11-1-3-13(20)14(6-11)21-18(24)10-5-17(23)22(8-10)12-2-4-15-16(7-12)26-9-25-15/h1-4,6-7,10H,5,8-9H2,(H,21,24). The molecule has 2 heterocycles. The Balaban J connectivity index is 1.49. The highest BCUT2D eigenvalue weighted by Crippen LogP contribution is 2.37. The van der Waals surface area contributed by atoms with E-state index in [9.17, 15) is 9.59 Å². The molecule has 2 aliphatic heterocycles. The lowest BCUT2D eigenvalue weighted by molar-refractivity contribution is -0.122. The summed E-state index contributed by atoms with van der Waals surface area (Å²) in [6.45, 7) is 0.445. The van der Waals surface area contributed by atoms with Crippen molar-refractivity contribution < 1.29 is 19.1 Å². The molecule has 2 amide bonds. The summed E-state index contributed by atoms with van der Waals surface area (Å²) < 4.78 is 10.6. The summed E-state index contributed by atoms with van der Waals surface area (Å²) in [6.07, 6.45) is 0.123. The highest BCUT2D eigenvalue weighted by molar-refractivity contribution is 6.35. The molecule has 26 heavy (non-hydrogen) atoms. The molecule has 0 bridgehead atoms. The smallest absolute Gasteiger partial charge is 0.231 e. The predicted molar refractivity (Wildman–Crippen MR) is 98.1 cm³/mol. The maximum absolute atomic E-state index is 12.6. The first-order chi connectivity index (χ1) is 12.5. The van der Waals surface area contributed by atoms with Crippen LogP contribution in [0.3, 0.4) is 0 Å². The Labute approximate surface area is 159 Å². The Morgan fingerprint density at radius 2 is 1.92 bits per heavy atom. The largest absolute Gasteiger partial charge is 0.454 e. The van der Waals surface area contributed by atoms with Crippen LogP contribution in [0.1, 0.15) is 6.42 Å². The van der Waals surface area contributed by atoms with Crippen LogP contribution < -0.4 is 19.7 Å². The summed E-state index contributed by atoms with van der Waals surface area (Å²) >= 11 is 12.0. The van der Waals surface area contributed by atoms with Crippen LogP contribution in [0.4, 0.5) is 11.4 Å². The van der Waals surface area contributed by atoms with E-state index in [4.69, 9.17) is 32.7 Å². The van der Waals surface area contributed by atoms with E-state index in [0.717, 1.165) is 0 Å². The zero-order valence-corrected chi connectivity index (χ0v) is 15.0. The van der Waals surface area contributed by atoms with Crippen molar-refractivity contribution >= 4 is 46.4 Å². The van der Waals surface area contributed by atoms with Gasteiger partial charge >= 0.3 is 0 Å². The van der Waals surface area contributed by atoms with Crippen molar-refractivity contribution in [2.75, 3.05) is 23.6 Å². The molecule has 4 rings (SSSR count). The number of ether oxygens (including phenoxy) is 2. The third-order valence-corrected chi connectivity index (χ3v) is 4.91. The molecule has 0 radical (unpaired) electrons. The average Bonchev–Trinajstić information content (AvgIpc) is 3.23. The minimum Gasteiger partial charge on any atom is -0.454 e. The highest BCUT2D eigenvalue weighted by atomic mass is 35.5. The zero-order chi connectivity index (χ0) is 18.3. The van der Waals surface area contributed by atoms with Crippen LogP contribution >= 0.6 is 23.2 Å². The van der Waals surface area contributed by atoms with Gasteiger partial charge in [0.25, 0.3) is 0 Å². The van der Waals surface area contributed by atoms with Crippen molar-refractivity contribution in [1.82, 2.24) is 0 Å². The van der Waals surface area contributed by atoms with Crippen molar-refractivity contribution in [2.45, 2.75) is 6.42 Å². The molecular weight excluding hydrogens is 379 g/mol. The molecule has 6 nitrogen and oxygen atoms in total. The summed E-state index contributed by atoms with van der Waals surface area (Å²) in [5, 5.41) is 3.60. The molecule has 1 N–H and O–H groups in total. The van der Waals surface area contributed by atoms with Crippen LogP contribution in [0.5, 0.6) is 11.5 Å². The first kappa shape index (κ1) is 17.0. The van der Waals surface area contributed by atoms with E-state index in [0.29, 0.717) is 32.9 Å². The maximum atomic E-state index is 12.6. The number of carbonyl (C=O) groups excluding carboxylic acids is 2. The lowest BCUT2D eigenvalue weighted by atomic mass is 10.1. The number of nitrogens with zero attached hydrogens (tertiary/aromatic N) is 1. The van der Waals surface area contributed by atoms with E-state index in [-0.39, 0.29) is 31.6 Å². The van der Waals surface area contributed by atoms with Crippen LogP contribution in [0.25, 0.3) is 0 Å². The molecule has 1 saturated heterocycles. The Hall–Kier alpha value is -2.44. The Morgan fingerprint density at radius 3 is 2.77 bits per heavy atom. The van der Waals surface area contributed by atoms with Crippen LogP contribution in [0.2, 0.25) is 10.0 Å². The van der Waals surface area contributed by atoms with Gasteiger partial charge < -0.3 is 19.7 Å². The second-order valence-corrected chi connectivity index (χ2v) is 6.90.